The van der Waals surface area contributed by atoms with E-state index in [-0.39, 0.29) is 5.75 Å². The molecule has 0 fully saturated rings. The molecule has 0 radical (unpaired) electrons. The second kappa shape index (κ2) is 4.40. The fourth-order valence-electron chi connectivity index (χ4n) is 1.60. The van der Waals surface area contributed by atoms with Gasteiger partial charge in [0.1, 0.15) is 5.75 Å². The highest BCUT2D eigenvalue weighted by Gasteiger charge is 2.15. The van der Waals surface area contributed by atoms with Crippen LogP contribution < -0.4 is 10.6 Å². The van der Waals surface area contributed by atoms with Crippen molar-refractivity contribution in [3.8, 4) is 5.75 Å². The molecule has 0 saturated carbocycles. The standard InChI is InChI=1S/C13H13OPS/c1-15(16,12-5-3-2-4-6-12)13-9-7-11(14)8-10-13/h2-10,14H,1H3. The summed E-state index contributed by atoms with van der Waals surface area (Å²) in [5.41, 5.74) is 0. The number of rotatable bonds is 2. The van der Waals surface area contributed by atoms with Gasteiger partial charge in [-0.25, -0.2) is 0 Å². The van der Waals surface area contributed by atoms with Crippen molar-refractivity contribution in [2.75, 3.05) is 6.66 Å². The Morgan fingerprint density at radius 1 is 0.875 bits per heavy atom. The molecule has 1 nitrogen and oxygen atoms in total. The van der Waals surface area contributed by atoms with E-state index in [0.717, 1.165) is 5.30 Å². The molecule has 0 aromatic heterocycles. The van der Waals surface area contributed by atoms with Gasteiger partial charge in [-0.3, -0.25) is 0 Å². The fraction of sp³-hybridized carbons (Fsp3) is 0.0769. The van der Waals surface area contributed by atoms with E-state index in [1.54, 1.807) is 12.1 Å². The third kappa shape index (κ3) is 2.18. The van der Waals surface area contributed by atoms with Crippen LogP contribution in [0.1, 0.15) is 0 Å². The molecule has 0 saturated heterocycles. The zero-order valence-electron chi connectivity index (χ0n) is 9.00. The topological polar surface area (TPSA) is 20.2 Å². The Morgan fingerprint density at radius 2 is 1.38 bits per heavy atom. The molecule has 0 amide bonds. The quantitative estimate of drug-likeness (QED) is 0.824. The summed E-state index contributed by atoms with van der Waals surface area (Å²) < 4.78 is 0. The Hall–Kier alpha value is -1.11. The van der Waals surface area contributed by atoms with Crippen LogP contribution in [-0.2, 0) is 11.8 Å². The summed E-state index contributed by atoms with van der Waals surface area (Å²) in [6, 6.07) is 15.7. The summed E-state index contributed by atoms with van der Waals surface area (Å²) in [6.45, 7) is 2.12. The van der Waals surface area contributed by atoms with Gasteiger partial charge in [0.2, 0.25) is 0 Å². The predicted molar refractivity (Wildman–Crippen MR) is 74.0 cm³/mol. The molecular formula is C13H13OPS. The molecule has 0 aliphatic rings. The smallest absolute Gasteiger partial charge is 0.115 e. The number of aromatic hydroxyl groups is 1. The zero-order valence-corrected chi connectivity index (χ0v) is 10.7. The van der Waals surface area contributed by atoms with E-state index in [9.17, 15) is 5.11 Å². The highest BCUT2D eigenvalue weighted by atomic mass is 32.4. The minimum atomic E-state index is -1.69. The van der Waals surface area contributed by atoms with E-state index in [4.69, 9.17) is 11.8 Å². The fourth-order valence-corrected chi connectivity index (χ4v) is 4.09. The van der Waals surface area contributed by atoms with Crippen molar-refractivity contribution in [1.29, 1.82) is 0 Å². The maximum absolute atomic E-state index is 9.27. The lowest BCUT2D eigenvalue weighted by molar-refractivity contribution is 0.475. The minimum absolute atomic E-state index is 0.284. The van der Waals surface area contributed by atoms with E-state index in [1.807, 2.05) is 30.3 Å². The van der Waals surface area contributed by atoms with E-state index in [0.29, 0.717) is 0 Å². The molecule has 0 heterocycles. The van der Waals surface area contributed by atoms with Crippen LogP contribution in [0.3, 0.4) is 0 Å². The third-order valence-electron chi connectivity index (χ3n) is 2.59. The van der Waals surface area contributed by atoms with Crippen molar-refractivity contribution in [3.05, 3.63) is 54.6 Å². The summed E-state index contributed by atoms with van der Waals surface area (Å²) in [6.07, 6.45) is 0. The van der Waals surface area contributed by atoms with Crippen LogP contribution >= 0.6 is 6.04 Å². The molecule has 0 spiro atoms. The molecule has 3 heteroatoms. The highest BCUT2D eigenvalue weighted by Crippen LogP contribution is 2.39. The summed E-state index contributed by atoms with van der Waals surface area (Å²) in [5, 5.41) is 11.6. The van der Waals surface area contributed by atoms with Crippen LogP contribution in [0.25, 0.3) is 0 Å². The van der Waals surface area contributed by atoms with Gasteiger partial charge in [-0.2, -0.15) is 0 Å². The van der Waals surface area contributed by atoms with E-state index >= 15 is 0 Å². The lowest BCUT2D eigenvalue weighted by Gasteiger charge is -2.17. The summed E-state index contributed by atoms with van der Waals surface area (Å²) in [5.74, 6) is 0.284. The van der Waals surface area contributed by atoms with Gasteiger partial charge in [0.15, 0.2) is 0 Å². The van der Waals surface area contributed by atoms with Gasteiger partial charge in [0, 0.05) is 6.04 Å². The normalized spacial score (nSPS) is 14.3. The number of benzene rings is 2. The van der Waals surface area contributed by atoms with E-state index in [1.165, 1.54) is 5.30 Å². The van der Waals surface area contributed by atoms with Gasteiger partial charge in [-0.05, 0) is 41.5 Å². The van der Waals surface area contributed by atoms with Crippen LogP contribution in [0.5, 0.6) is 5.75 Å². The Balaban J connectivity index is 2.47. The van der Waals surface area contributed by atoms with E-state index < -0.39 is 6.04 Å². The van der Waals surface area contributed by atoms with E-state index in [2.05, 4.69) is 18.8 Å². The largest absolute Gasteiger partial charge is 0.508 e. The Kier molecular flexibility index (Phi) is 3.13. The summed E-state index contributed by atoms with van der Waals surface area (Å²) in [4.78, 5) is 0. The van der Waals surface area contributed by atoms with Gasteiger partial charge in [-0.15, -0.1) is 0 Å². The number of phenols is 1. The lowest BCUT2D eigenvalue weighted by atomic mass is 10.3. The minimum Gasteiger partial charge on any atom is -0.508 e. The maximum atomic E-state index is 9.27. The number of hydrogen-bond acceptors (Lipinski definition) is 2. The molecule has 2 aromatic carbocycles. The van der Waals surface area contributed by atoms with Crippen molar-refractivity contribution < 1.29 is 5.11 Å². The van der Waals surface area contributed by atoms with Crippen LogP contribution in [0.15, 0.2) is 54.6 Å². The van der Waals surface area contributed by atoms with Gasteiger partial charge in [0.25, 0.3) is 0 Å². The average molecular weight is 248 g/mol. The average Bonchev–Trinajstić information content (AvgIpc) is 2.31. The van der Waals surface area contributed by atoms with Crippen LogP contribution in [0.2, 0.25) is 0 Å². The molecule has 1 N–H and O–H groups in total. The van der Waals surface area contributed by atoms with Crippen LogP contribution in [0, 0.1) is 0 Å². The monoisotopic (exact) mass is 248 g/mol. The third-order valence-corrected chi connectivity index (χ3v) is 6.42. The molecule has 82 valence electrons. The van der Waals surface area contributed by atoms with Crippen molar-refractivity contribution in [3.63, 3.8) is 0 Å². The second-order valence-electron chi connectivity index (χ2n) is 3.78. The van der Waals surface area contributed by atoms with Gasteiger partial charge < -0.3 is 5.11 Å². The first-order chi connectivity index (χ1) is 7.60. The van der Waals surface area contributed by atoms with Gasteiger partial charge in [0.05, 0.1) is 0 Å². The second-order valence-corrected chi connectivity index (χ2v) is 8.85. The number of hydrogen-bond donors (Lipinski definition) is 1. The van der Waals surface area contributed by atoms with Gasteiger partial charge >= 0.3 is 0 Å². The molecule has 2 aromatic rings. The molecule has 1 atom stereocenters. The predicted octanol–water partition coefficient (Wildman–Crippen LogP) is 2.45. The number of phenolic OH excluding ortho intramolecular Hbond substituents is 1. The van der Waals surface area contributed by atoms with Crippen LogP contribution in [-0.4, -0.2) is 11.8 Å². The molecular weight excluding hydrogens is 235 g/mol. The van der Waals surface area contributed by atoms with Crippen molar-refractivity contribution >= 4 is 28.5 Å². The summed E-state index contributed by atoms with van der Waals surface area (Å²) in [7, 11) is 0. The first-order valence-corrected chi connectivity index (χ1v) is 8.28. The molecule has 0 bridgehead atoms. The molecule has 0 aliphatic carbocycles. The molecule has 16 heavy (non-hydrogen) atoms. The van der Waals surface area contributed by atoms with Crippen molar-refractivity contribution in [2.24, 2.45) is 0 Å². The first-order valence-electron chi connectivity index (χ1n) is 5.03. The SMILES string of the molecule is CP(=S)(c1ccccc1)c1ccc(O)cc1. The maximum Gasteiger partial charge on any atom is 0.115 e. The summed E-state index contributed by atoms with van der Waals surface area (Å²) >= 11 is 5.75. The van der Waals surface area contributed by atoms with Crippen LogP contribution in [0.4, 0.5) is 0 Å². The Morgan fingerprint density at radius 3 is 1.94 bits per heavy atom. The highest BCUT2D eigenvalue weighted by molar-refractivity contribution is 8.21. The Labute approximate surface area is 101 Å². The van der Waals surface area contributed by atoms with Gasteiger partial charge in [-0.1, -0.05) is 42.1 Å². The van der Waals surface area contributed by atoms with Crippen molar-refractivity contribution in [1.82, 2.24) is 0 Å². The molecule has 2 rings (SSSR count). The molecule has 1 unspecified atom stereocenters. The Bertz CT molecular complexity index is 519. The zero-order chi connectivity index (χ0) is 11.6. The lowest BCUT2D eigenvalue weighted by Crippen LogP contribution is -2.13. The van der Waals surface area contributed by atoms with Crippen molar-refractivity contribution in [2.45, 2.75) is 0 Å². The molecule has 0 aliphatic heterocycles. The first kappa shape index (κ1) is 11.4.